The van der Waals surface area contributed by atoms with Crippen molar-refractivity contribution in [3.05, 3.63) is 30.6 Å². The molecule has 0 saturated heterocycles. The highest BCUT2D eigenvalue weighted by molar-refractivity contribution is 4.90. The van der Waals surface area contributed by atoms with Gasteiger partial charge in [-0.05, 0) is 44.7 Å². The summed E-state index contributed by atoms with van der Waals surface area (Å²) in [6, 6.07) is 2.46. The average Bonchev–Trinajstić information content (AvgIpc) is 2.81. The Bertz CT molecular complexity index is 316. The highest BCUT2D eigenvalue weighted by Gasteiger charge is 2.11. The van der Waals surface area contributed by atoms with Gasteiger partial charge in [-0.2, -0.15) is 5.10 Å². The smallest absolute Gasteiger partial charge is 0.0559 e. The molecule has 1 heterocycles. The van der Waals surface area contributed by atoms with E-state index in [2.05, 4.69) is 29.5 Å². The summed E-state index contributed by atoms with van der Waals surface area (Å²) in [6.07, 6.45) is 12.3. The third-order valence-electron chi connectivity index (χ3n) is 3.15. The van der Waals surface area contributed by atoms with Gasteiger partial charge in [0.2, 0.25) is 0 Å². The van der Waals surface area contributed by atoms with E-state index >= 15 is 0 Å². The fourth-order valence-corrected chi connectivity index (χ4v) is 2.16. The van der Waals surface area contributed by atoms with Crippen molar-refractivity contribution in [1.82, 2.24) is 15.1 Å². The SMILES string of the molecule is CC(Cn1cccn1)NCC1CC=CCC1. The third kappa shape index (κ3) is 3.49. The zero-order valence-corrected chi connectivity index (χ0v) is 9.97. The summed E-state index contributed by atoms with van der Waals surface area (Å²) in [7, 11) is 0. The third-order valence-corrected chi connectivity index (χ3v) is 3.15. The molecule has 1 aromatic rings. The van der Waals surface area contributed by atoms with Crippen molar-refractivity contribution in [2.45, 2.75) is 38.8 Å². The fourth-order valence-electron chi connectivity index (χ4n) is 2.16. The van der Waals surface area contributed by atoms with Gasteiger partial charge in [0.05, 0.1) is 6.54 Å². The highest BCUT2D eigenvalue weighted by atomic mass is 15.3. The van der Waals surface area contributed by atoms with Gasteiger partial charge < -0.3 is 5.32 Å². The number of nitrogens with zero attached hydrogens (tertiary/aromatic N) is 2. The molecule has 1 aliphatic rings. The first-order valence-electron chi connectivity index (χ1n) is 6.20. The molecule has 3 heteroatoms. The summed E-state index contributed by atoms with van der Waals surface area (Å²) < 4.78 is 1.98. The molecule has 2 rings (SSSR count). The Labute approximate surface area is 97.5 Å². The number of rotatable bonds is 5. The Morgan fingerprint density at radius 2 is 2.44 bits per heavy atom. The Morgan fingerprint density at radius 3 is 3.12 bits per heavy atom. The second kappa shape index (κ2) is 5.85. The lowest BCUT2D eigenvalue weighted by Gasteiger charge is -2.21. The summed E-state index contributed by atoms with van der Waals surface area (Å²) in [5.41, 5.74) is 0. The van der Waals surface area contributed by atoms with Gasteiger partial charge in [-0.1, -0.05) is 12.2 Å². The summed E-state index contributed by atoms with van der Waals surface area (Å²) in [5, 5.41) is 7.81. The molecule has 16 heavy (non-hydrogen) atoms. The lowest BCUT2D eigenvalue weighted by Crippen LogP contribution is -2.34. The number of nitrogens with one attached hydrogen (secondary N) is 1. The summed E-state index contributed by atoms with van der Waals surface area (Å²) in [5.74, 6) is 0.824. The molecule has 0 fully saturated rings. The second-order valence-electron chi connectivity index (χ2n) is 4.69. The predicted molar refractivity (Wildman–Crippen MR) is 66.2 cm³/mol. The van der Waals surface area contributed by atoms with Crippen LogP contribution in [0.25, 0.3) is 0 Å². The first-order chi connectivity index (χ1) is 7.84. The van der Waals surface area contributed by atoms with Crippen LogP contribution in [0.5, 0.6) is 0 Å². The summed E-state index contributed by atoms with van der Waals surface area (Å²) in [6.45, 7) is 4.31. The van der Waals surface area contributed by atoms with Crippen LogP contribution in [-0.4, -0.2) is 22.4 Å². The molecule has 0 saturated carbocycles. The standard InChI is InChI=1S/C13H21N3/c1-12(11-16-9-5-8-15-16)14-10-13-6-3-2-4-7-13/h2-3,5,8-9,12-14H,4,6-7,10-11H2,1H3. The van der Waals surface area contributed by atoms with E-state index in [1.807, 2.05) is 23.1 Å². The molecule has 0 spiro atoms. The van der Waals surface area contributed by atoms with Gasteiger partial charge in [0.1, 0.15) is 0 Å². The Balaban J connectivity index is 1.67. The van der Waals surface area contributed by atoms with E-state index in [0.717, 1.165) is 19.0 Å². The zero-order chi connectivity index (χ0) is 11.2. The van der Waals surface area contributed by atoms with Crippen LogP contribution in [0, 0.1) is 5.92 Å². The molecule has 2 atom stereocenters. The molecule has 0 aliphatic heterocycles. The van der Waals surface area contributed by atoms with Crippen LogP contribution in [-0.2, 0) is 6.54 Å². The Morgan fingerprint density at radius 1 is 1.50 bits per heavy atom. The largest absolute Gasteiger partial charge is 0.312 e. The highest BCUT2D eigenvalue weighted by Crippen LogP contribution is 2.17. The molecule has 0 aromatic carbocycles. The maximum absolute atomic E-state index is 4.22. The van der Waals surface area contributed by atoms with Gasteiger partial charge >= 0.3 is 0 Å². The molecule has 2 unspecified atom stereocenters. The van der Waals surface area contributed by atoms with Crippen molar-refractivity contribution in [2.24, 2.45) is 5.92 Å². The molecule has 1 aromatic heterocycles. The minimum absolute atomic E-state index is 0.491. The van der Waals surface area contributed by atoms with Gasteiger partial charge in [0.25, 0.3) is 0 Å². The minimum Gasteiger partial charge on any atom is -0.312 e. The number of aromatic nitrogens is 2. The van der Waals surface area contributed by atoms with Crippen molar-refractivity contribution in [3.63, 3.8) is 0 Å². The van der Waals surface area contributed by atoms with Crippen LogP contribution >= 0.6 is 0 Å². The van der Waals surface area contributed by atoms with Crippen LogP contribution < -0.4 is 5.32 Å². The minimum atomic E-state index is 0.491. The fraction of sp³-hybridized carbons (Fsp3) is 0.615. The van der Waals surface area contributed by atoms with E-state index in [-0.39, 0.29) is 0 Å². The van der Waals surface area contributed by atoms with Crippen LogP contribution in [0.15, 0.2) is 30.6 Å². The van der Waals surface area contributed by atoms with E-state index in [0.29, 0.717) is 6.04 Å². The predicted octanol–water partition coefficient (Wildman–Crippen LogP) is 2.22. The van der Waals surface area contributed by atoms with Gasteiger partial charge in [0, 0.05) is 18.4 Å². The second-order valence-corrected chi connectivity index (χ2v) is 4.69. The van der Waals surface area contributed by atoms with Crippen LogP contribution in [0.1, 0.15) is 26.2 Å². The zero-order valence-electron chi connectivity index (χ0n) is 9.97. The maximum Gasteiger partial charge on any atom is 0.0559 e. The molecular formula is C13H21N3. The first kappa shape index (κ1) is 11.4. The first-order valence-corrected chi connectivity index (χ1v) is 6.20. The molecular weight excluding hydrogens is 198 g/mol. The molecule has 3 nitrogen and oxygen atoms in total. The molecule has 1 N–H and O–H groups in total. The van der Waals surface area contributed by atoms with Gasteiger partial charge in [-0.3, -0.25) is 4.68 Å². The van der Waals surface area contributed by atoms with E-state index in [9.17, 15) is 0 Å². The van der Waals surface area contributed by atoms with E-state index in [1.165, 1.54) is 19.3 Å². The molecule has 1 aliphatic carbocycles. The van der Waals surface area contributed by atoms with Crippen LogP contribution in [0.2, 0.25) is 0 Å². The van der Waals surface area contributed by atoms with Crippen molar-refractivity contribution in [3.8, 4) is 0 Å². The average molecular weight is 219 g/mol. The van der Waals surface area contributed by atoms with E-state index in [1.54, 1.807) is 0 Å². The molecule has 0 radical (unpaired) electrons. The molecule has 0 amide bonds. The van der Waals surface area contributed by atoms with Crippen molar-refractivity contribution in [2.75, 3.05) is 6.54 Å². The van der Waals surface area contributed by atoms with Gasteiger partial charge in [-0.15, -0.1) is 0 Å². The lowest BCUT2D eigenvalue weighted by atomic mass is 9.94. The van der Waals surface area contributed by atoms with Crippen molar-refractivity contribution < 1.29 is 0 Å². The number of hydrogen-bond acceptors (Lipinski definition) is 2. The van der Waals surface area contributed by atoms with E-state index in [4.69, 9.17) is 0 Å². The van der Waals surface area contributed by atoms with E-state index < -0.39 is 0 Å². The van der Waals surface area contributed by atoms with Crippen molar-refractivity contribution in [1.29, 1.82) is 0 Å². The van der Waals surface area contributed by atoms with Crippen LogP contribution in [0.4, 0.5) is 0 Å². The summed E-state index contributed by atoms with van der Waals surface area (Å²) >= 11 is 0. The van der Waals surface area contributed by atoms with Gasteiger partial charge in [-0.25, -0.2) is 0 Å². The number of hydrogen-bond donors (Lipinski definition) is 1. The Kier molecular flexibility index (Phi) is 4.17. The van der Waals surface area contributed by atoms with Crippen molar-refractivity contribution >= 4 is 0 Å². The summed E-state index contributed by atoms with van der Waals surface area (Å²) in [4.78, 5) is 0. The molecule has 0 bridgehead atoms. The topological polar surface area (TPSA) is 29.9 Å². The monoisotopic (exact) mass is 219 g/mol. The quantitative estimate of drug-likeness (QED) is 0.770. The normalized spacial score (nSPS) is 22.2. The van der Waals surface area contributed by atoms with Gasteiger partial charge in [0.15, 0.2) is 0 Å². The van der Waals surface area contributed by atoms with Crippen LogP contribution in [0.3, 0.4) is 0 Å². The molecule has 88 valence electrons. The Hall–Kier alpha value is -1.09. The number of allylic oxidation sites excluding steroid dienone is 2. The lowest BCUT2D eigenvalue weighted by molar-refractivity contribution is 0.382. The maximum atomic E-state index is 4.22.